The minimum atomic E-state index is 0.0421. The van der Waals surface area contributed by atoms with Crippen molar-refractivity contribution in [2.45, 2.75) is 26.5 Å². The molecule has 0 aliphatic carbocycles. The molecule has 0 fully saturated rings. The molecule has 24 heavy (non-hydrogen) atoms. The summed E-state index contributed by atoms with van der Waals surface area (Å²) in [6.07, 6.45) is 0.0421. The number of hydrogen-bond acceptors (Lipinski definition) is 7. The molecular formula is C16H20N6OS. The molecule has 0 amide bonds. The fourth-order valence-corrected chi connectivity index (χ4v) is 3.17. The molecule has 126 valence electrons. The summed E-state index contributed by atoms with van der Waals surface area (Å²) in [6.45, 7) is 5.37. The number of rotatable bonds is 7. The SMILES string of the molecule is CCO[C@H](C)c1nc(CNc2cccc(-c3nnnn3C)c2)cs1. The summed E-state index contributed by atoms with van der Waals surface area (Å²) < 4.78 is 7.23. The summed E-state index contributed by atoms with van der Waals surface area (Å²) in [5, 5.41) is 18.0. The smallest absolute Gasteiger partial charge is 0.181 e. The lowest BCUT2D eigenvalue weighted by Gasteiger charge is -2.08. The van der Waals surface area contributed by atoms with Gasteiger partial charge < -0.3 is 10.1 Å². The summed E-state index contributed by atoms with van der Waals surface area (Å²) in [5.74, 6) is 0.736. The number of nitrogens with one attached hydrogen (secondary N) is 1. The van der Waals surface area contributed by atoms with Crippen molar-refractivity contribution >= 4 is 17.0 Å². The number of thiazole rings is 1. The Labute approximate surface area is 144 Å². The highest BCUT2D eigenvalue weighted by Crippen LogP contribution is 2.23. The van der Waals surface area contributed by atoms with Gasteiger partial charge in [-0.3, -0.25) is 0 Å². The summed E-state index contributed by atoms with van der Waals surface area (Å²) in [5.41, 5.74) is 2.98. The first-order valence-electron chi connectivity index (χ1n) is 7.80. The molecule has 1 atom stereocenters. The third kappa shape index (κ3) is 3.77. The zero-order chi connectivity index (χ0) is 16.9. The molecule has 0 aliphatic rings. The number of tetrazole rings is 1. The fraction of sp³-hybridized carbons (Fsp3) is 0.375. The lowest BCUT2D eigenvalue weighted by atomic mass is 10.2. The molecule has 1 aromatic carbocycles. The molecule has 3 aromatic rings. The van der Waals surface area contributed by atoms with Gasteiger partial charge in [0.1, 0.15) is 11.1 Å². The van der Waals surface area contributed by atoms with Gasteiger partial charge in [-0.25, -0.2) is 9.67 Å². The summed E-state index contributed by atoms with van der Waals surface area (Å²) >= 11 is 1.63. The van der Waals surface area contributed by atoms with E-state index in [4.69, 9.17) is 4.74 Å². The Morgan fingerprint density at radius 2 is 2.25 bits per heavy atom. The molecule has 0 radical (unpaired) electrons. The average Bonchev–Trinajstić information content (AvgIpc) is 3.22. The predicted molar refractivity (Wildman–Crippen MR) is 93.7 cm³/mol. The zero-order valence-electron chi connectivity index (χ0n) is 13.9. The van der Waals surface area contributed by atoms with Crippen LogP contribution in [0.1, 0.15) is 30.7 Å². The van der Waals surface area contributed by atoms with E-state index in [2.05, 4.69) is 31.2 Å². The van der Waals surface area contributed by atoms with Gasteiger partial charge >= 0.3 is 0 Å². The normalized spacial score (nSPS) is 12.3. The zero-order valence-corrected chi connectivity index (χ0v) is 14.7. The van der Waals surface area contributed by atoms with Gasteiger partial charge in [0, 0.05) is 30.3 Å². The van der Waals surface area contributed by atoms with Crippen molar-refractivity contribution in [2.24, 2.45) is 7.05 Å². The fourth-order valence-electron chi connectivity index (χ4n) is 2.35. The van der Waals surface area contributed by atoms with Crippen molar-refractivity contribution in [3.63, 3.8) is 0 Å². The highest BCUT2D eigenvalue weighted by molar-refractivity contribution is 7.09. The standard InChI is InChI=1S/C16H20N6OS/c1-4-23-11(2)16-18-14(10-24-16)9-17-13-7-5-6-12(8-13)15-19-20-21-22(15)3/h5-8,10-11,17H,4,9H2,1-3H3/t11-/m1/s1. The maximum absolute atomic E-state index is 5.58. The second-order valence-corrected chi connectivity index (χ2v) is 6.22. The van der Waals surface area contributed by atoms with Crippen LogP contribution < -0.4 is 5.32 Å². The first-order chi connectivity index (χ1) is 11.7. The predicted octanol–water partition coefficient (Wildman–Crippen LogP) is 3.04. The van der Waals surface area contributed by atoms with Gasteiger partial charge in [-0.15, -0.1) is 16.4 Å². The Balaban J connectivity index is 1.66. The van der Waals surface area contributed by atoms with Crippen LogP contribution >= 0.6 is 11.3 Å². The monoisotopic (exact) mass is 344 g/mol. The summed E-state index contributed by atoms with van der Waals surface area (Å²) in [6, 6.07) is 8.02. The number of ether oxygens (including phenoxy) is 1. The van der Waals surface area contributed by atoms with Crippen molar-refractivity contribution < 1.29 is 4.74 Å². The lowest BCUT2D eigenvalue weighted by Crippen LogP contribution is -2.02. The van der Waals surface area contributed by atoms with Gasteiger partial charge in [0.25, 0.3) is 0 Å². The Morgan fingerprint density at radius 1 is 1.38 bits per heavy atom. The largest absolute Gasteiger partial charge is 0.379 e. The van der Waals surface area contributed by atoms with Crippen LogP contribution in [0.15, 0.2) is 29.6 Å². The molecule has 8 heteroatoms. The van der Waals surface area contributed by atoms with Crippen LogP contribution in [0.2, 0.25) is 0 Å². The minimum absolute atomic E-state index is 0.0421. The van der Waals surface area contributed by atoms with Crippen molar-refractivity contribution in [1.82, 2.24) is 25.2 Å². The Hall–Kier alpha value is -2.32. The molecular weight excluding hydrogens is 324 g/mol. The summed E-state index contributed by atoms with van der Waals surface area (Å²) in [4.78, 5) is 4.62. The van der Waals surface area contributed by atoms with Gasteiger partial charge in [0.2, 0.25) is 0 Å². The number of aromatic nitrogens is 5. The van der Waals surface area contributed by atoms with E-state index >= 15 is 0 Å². The molecule has 0 aliphatic heterocycles. The molecule has 2 aromatic heterocycles. The topological polar surface area (TPSA) is 77.8 Å². The first kappa shape index (κ1) is 16.5. The third-order valence-electron chi connectivity index (χ3n) is 3.55. The number of hydrogen-bond donors (Lipinski definition) is 1. The Bertz CT molecular complexity index is 799. The van der Waals surface area contributed by atoms with E-state index in [1.54, 1.807) is 16.0 Å². The van der Waals surface area contributed by atoms with E-state index in [9.17, 15) is 0 Å². The second kappa shape index (κ2) is 7.50. The van der Waals surface area contributed by atoms with Crippen LogP contribution in [0, 0.1) is 0 Å². The van der Waals surface area contributed by atoms with Crippen molar-refractivity contribution in [3.05, 3.63) is 40.3 Å². The van der Waals surface area contributed by atoms with Crippen molar-refractivity contribution in [2.75, 3.05) is 11.9 Å². The Kier molecular flexibility index (Phi) is 5.17. The number of nitrogens with zero attached hydrogens (tertiary/aromatic N) is 5. The van der Waals surface area contributed by atoms with Gasteiger partial charge in [0.05, 0.1) is 12.2 Å². The van der Waals surface area contributed by atoms with E-state index < -0.39 is 0 Å². The highest BCUT2D eigenvalue weighted by atomic mass is 32.1. The van der Waals surface area contributed by atoms with Crippen LogP contribution in [-0.4, -0.2) is 31.8 Å². The maximum Gasteiger partial charge on any atom is 0.181 e. The lowest BCUT2D eigenvalue weighted by molar-refractivity contribution is 0.0761. The van der Waals surface area contributed by atoms with Crippen molar-refractivity contribution in [1.29, 1.82) is 0 Å². The van der Waals surface area contributed by atoms with Gasteiger partial charge in [-0.2, -0.15) is 0 Å². The third-order valence-corrected chi connectivity index (χ3v) is 4.60. The number of aryl methyl sites for hydroxylation is 1. The quantitative estimate of drug-likeness (QED) is 0.710. The molecule has 3 rings (SSSR count). The molecule has 1 N–H and O–H groups in total. The molecule has 2 heterocycles. The number of benzene rings is 1. The molecule has 0 unspecified atom stereocenters. The van der Waals surface area contributed by atoms with Crippen LogP contribution in [-0.2, 0) is 18.3 Å². The van der Waals surface area contributed by atoms with E-state index in [1.807, 2.05) is 45.2 Å². The first-order valence-corrected chi connectivity index (χ1v) is 8.68. The van der Waals surface area contributed by atoms with E-state index in [0.717, 1.165) is 27.8 Å². The molecule has 0 saturated heterocycles. The summed E-state index contributed by atoms with van der Waals surface area (Å²) in [7, 11) is 1.83. The van der Waals surface area contributed by atoms with E-state index in [0.29, 0.717) is 13.2 Å². The minimum Gasteiger partial charge on any atom is -0.379 e. The van der Waals surface area contributed by atoms with E-state index in [1.165, 1.54) is 0 Å². The molecule has 0 saturated carbocycles. The van der Waals surface area contributed by atoms with Crippen LogP contribution in [0.3, 0.4) is 0 Å². The van der Waals surface area contributed by atoms with Gasteiger partial charge in [-0.05, 0) is 36.4 Å². The molecule has 0 bridgehead atoms. The van der Waals surface area contributed by atoms with Gasteiger partial charge in [-0.1, -0.05) is 12.1 Å². The van der Waals surface area contributed by atoms with Crippen LogP contribution in [0.5, 0.6) is 0 Å². The van der Waals surface area contributed by atoms with E-state index in [-0.39, 0.29) is 6.10 Å². The van der Waals surface area contributed by atoms with Crippen LogP contribution in [0.25, 0.3) is 11.4 Å². The number of anilines is 1. The highest BCUT2D eigenvalue weighted by Gasteiger charge is 2.10. The van der Waals surface area contributed by atoms with Gasteiger partial charge in [0.15, 0.2) is 5.82 Å². The molecule has 0 spiro atoms. The molecule has 7 nitrogen and oxygen atoms in total. The maximum atomic E-state index is 5.58. The second-order valence-electron chi connectivity index (χ2n) is 5.34. The van der Waals surface area contributed by atoms with Crippen molar-refractivity contribution in [3.8, 4) is 11.4 Å². The Morgan fingerprint density at radius 3 is 3.00 bits per heavy atom. The average molecular weight is 344 g/mol. The van der Waals surface area contributed by atoms with Crippen LogP contribution in [0.4, 0.5) is 5.69 Å².